The van der Waals surface area contributed by atoms with Crippen LogP contribution >= 0.6 is 15.9 Å². The van der Waals surface area contributed by atoms with Crippen LogP contribution in [-0.4, -0.2) is 24.9 Å². The summed E-state index contributed by atoms with van der Waals surface area (Å²) in [5.74, 6) is 1.58. The van der Waals surface area contributed by atoms with E-state index in [0.29, 0.717) is 6.10 Å². The number of hydrogen-bond acceptors (Lipinski definition) is 3. The molecule has 1 aromatic carbocycles. The molecule has 1 fully saturated rings. The van der Waals surface area contributed by atoms with Crippen molar-refractivity contribution >= 4 is 15.9 Å². The van der Waals surface area contributed by atoms with E-state index in [1.807, 2.05) is 12.1 Å². The number of ether oxygens (including phenoxy) is 2. The topological polar surface area (TPSA) is 38.7 Å². The summed E-state index contributed by atoms with van der Waals surface area (Å²) in [6.45, 7) is 0.206. The minimum Gasteiger partial charge on any atom is -0.493 e. The maximum Gasteiger partial charge on any atom is 0.161 e. The Hall–Kier alpha value is -0.740. The Morgan fingerprint density at radius 2 is 2.11 bits per heavy atom. The van der Waals surface area contributed by atoms with Gasteiger partial charge in [0.05, 0.1) is 13.2 Å². The maximum absolute atomic E-state index is 8.91. The summed E-state index contributed by atoms with van der Waals surface area (Å²) in [5.41, 5.74) is 1.15. The fourth-order valence-electron chi connectivity index (χ4n) is 1.96. The van der Waals surface area contributed by atoms with Gasteiger partial charge in [-0.2, -0.15) is 0 Å². The molecule has 4 heteroatoms. The molecule has 1 N–H and O–H groups in total. The molecule has 1 aliphatic rings. The first-order valence-electron chi connectivity index (χ1n) is 6.38. The van der Waals surface area contributed by atoms with E-state index in [2.05, 4.69) is 15.9 Å². The van der Waals surface area contributed by atoms with Gasteiger partial charge in [0.2, 0.25) is 0 Å². The van der Waals surface area contributed by atoms with E-state index in [1.165, 1.54) is 6.42 Å². The van der Waals surface area contributed by atoms with Gasteiger partial charge in [-0.1, -0.05) is 15.9 Å². The van der Waals surface area contributed by atoms with E-state index in [-0.39, 0.29) is 6.61 Å². The van der Waals surface area contributed by atoms with E-state index in [9.17, 15) is 0 Å². The molecule has 0 radical (unpaired) electrons. The number of benzene rings is 1. The van der Waals surface area contributed by atoms with Crippen molar-refractivity contribution in [2.24, 2.45) is 0 Å². The van der Waals surface area contributed by atoms with Crippen LogP contribution in [0.1, 0.15) is 31.2 Å². The van der Waals surface area contributed by atoms with Gasteiger partial charge in [-0.25, -0.2) is 0 Å². The molecule has 2 rings (SSSR count). The zero-order chi connectivity index (χ0) is 13.0. The van der Waals surface area contributed by atoms with Gasteiger partial charge >= 0.3 is 0 Å². The predicted molar refractivity (Wildman–Crippen MR) is 74.4 cm³/mol. The average Bonchev–Trinajstić information content (AvgIpc) is 2.33. The summed E-state index contributed by atoms with van der Waals surface area (Å²) in [6.07, 6.45) is 5.44. The first-order chi connectivity index (χ1) is 8.74. The molecule has 1 aromatic rings. The molecule has 0 aromatic heterocycles. The van der Waals surface area contributed by atoms with Crippen LogP contribution in [0.4, 0.5) is 0 Å². The summed E-state index contributed by atoms with van der Waals surface area (Å²) < 4.78 is 12.3. The molecule has 0 aliphatic heterocycles. The van der Waals surface area contributed by atoms with E-state index in [0.717, 1.165) is 47.2 Å². The predicted octanol–water partition coefficient (Wildman–Crippen LogP) is 3.31. The van der Waals surface area contributed by atoms with Crippen LogP contribution in [0.2, 0.25) is 0 Å². The van der Waals surface area contributed by atoms with Crippen molar-refractivity contribution in [3.05, 3.63) is 22.2 Å². The van der Waals surface area contributed by atoms with Gasteiger partial charge in [0.1, 0.15) is 0 Å². The third-order valence-electron chi connectivity index (χ3n) is 3.28. The smallest absolute Gasteiger partial charge is 0.161 e. The van der Waals surface area contributed by atoms with Crippen molar-refractivity contribution in [1.29, 1.82) is 0 Å². The SMILES string of the molecule is COc1cc(Br)c(CCCO)cc1OC1CCC1. The highest BCUT2D eigenvalue weighted by molar-refractivity contribution is 9.10. The van der Waals surface area contributed by atoms with Crippen molar-refractivity contribution in [2.45, 2.75) is 38.2 Å². The Balaban J connectivity index is 2.17. The third-order valence-corrected chi connectivity index (χ3v) is 4.02. The van der Waals surface area contributed by atoms with Crippen LogP contribution in [0.25, 0.3) is 0 Å². The monoisotopic (exact) mass is 314 g/mol. The second-order valence-electron chi connectivity index (χ2n) is 4.59. The zero-order valence-electron chi connectivity index (χ0n) is 10.6. The van der Waals surface area contributed by atoms with Gasteiger partial charge in [0.25, 0.3) is 0 Å². The van der Waals surface area contributed by atoms with Crippen LogP contribution < -0.4 is 9.47 Å². The Bertz CT molecular complexity index is 402. The molecule has 1 saturated carbocycles. The van der Waals surface area contributed by atoms with Gasteiger partial charge in [0, 0.05) is 11.1 Å². The van der Waals surface area contributed by atoms with Crippen molar-refractivity contribution < 1.29 is 14.6 Å². The molecule has 18 heavy (non-hydrogen) atoms. The summed E-state index contributed by atoms with van der Waals surface area (Å²) in [6, 6.07) is 3.97. The molecular formula is C14H19BrO3. The molecule has 0 heterocycles. The molecular weight excluding hydrogens is 296 g/mol. The highest BCUT2D eigenvalue weighted by Crippen LogP contribution is 2.36. The fraction of sp³-hybridized carbons (Fsp3) is 0.571. The van der Waals surface area contributed by atoms with Gasteiger partial charge in [-0.3, -0.25) is 0 Å². The maximum atomic E-state index is 8.91. The standard InChI is InChI=1S/C14H19BrO3/c1-17-13-9-12(15)10(4-3-7-16)8-14(13)18-11-5-2-6-11/h8-9,11,16H,2-7H2,1H3. The largest absolute Gasteiger partial charge is 0.493 e. The number of aliphatic hydroxyl groups is 1. The lowest BCUT2D eigenvalue weighted by Crippen LogP contribution is -2.24. The molecule has 0 unspecified atom stereocenters. The van der Waals surface area contributed by atoms with Crippen molar-refractivity contribution in [2.75, 3.05) is 13.7 Å². The van der Waals surface area contributed by atoms with Gasteiger partial charge in [-0.15, -0.1) is 0 Å². The molecule has 1 aliphatic carbocycles. The minimum absolute atomic E-state index is 0.206. The summed E-state index contributed by atoms with van der Waals surface area (Å²) >= 11 is 3.53. The third kappa shape index (κ3) is 3.18. The molecule has 0 atom stereocenters. The molecule has 100 valence electrons. The number of aliphatic hydroxyl groups excluding tert-OH is 1. The summed E-state index contributed by atoms with van der Waals surface area (Å²) in [5, 5.41) is 8.91. The molecule has 0 bridgehead atoms. The van der Waals surface area contributed by atoms with Gasteiger partial charge in [-0.05, 0) is 49.8 Å². The second kappa shape index (κ2) is 6.43. The Morgan fingerprint density at radius 3 is 2.67 bits per heavy atom. The van der Waals surface area contributed by atoms with Gasteiger partial charge < -0.3 is 14.6 Å². The lowest BCUT2D eigenvalue weighted by molar-refractivity contribution is 0.116. The number of rotatable bonds is 6. The lowest BCUT2D eigenvalue weighted by Gasteiger charge is -2.27. The minimum atomic E-state index is 0.206. The molecule has 0 spiro atoms. The van der Waals surface area contributed by atoms with Gasteiger partial charge in [0.15, 0.2) is 11.5 Å². The van der Waals surface area contributed by atoms with Crippen LogP contribution in [-0.2, 0) is 6.42 Å². The first kappa shape index (κ1) is 13.7. The van der Waals surface area contributed by atoms with Crippen molar-refractivity contribution in [3.63, 3.8) is 0 Å². The van der Waals surface area contributed by atoms with Crippen molar-refractivity contribution in [3.8, 4) is 11.5 Å². The Labute approximate surface area is 116 Å². The summed E-state index contributed by atoms with van der Waals surface area (Å²) in [4.78, 5) is 0. The number of aryl methyl sites for hydroxylation is 1. The first-order valence-corrected chi connectivity index (χ1v) is 7.18. The van der Waals surface area contributed by atoms with E-state index >= 15 is 0 Å². The van der Waals surface area contributed by atoms with E-state index < -0.39 is 0 Å². The quantitative estimate of drug-likeness (QED) is 0.875. The number of methoxy groups -OCH3 is 1. The Morgan fingerprint density at radius 1 is 1.33 bits per heavy atom. The molecule has 3 nitrogen and oxygen atoms in total. The molecule has 0 amide bonds. The fourth-order valence-corrected chi connectivity index (χ4v) is 2.48. The second-order valence-corrected chi connectivity index (χ2v) is 5.45. The summed E-state index contributed by atoms with van der Waals surface area (Å²) in [7, 11) is 1.66. The number of hydrogen-bond donors (Lipinski definition) is 1. The average molecular weight is 315 g/mol. The van der Waals surface area contributed by atoms with Crippen molar-refractivity contribution in [1.82, 2.24) is 0 Å². The lowest BCUT2D eigenvalue weighted by atomic mass is 9.96. The normalized spacial score (nSPS) is 15.3. The zero-order valence-corrected chi connectivity index (χ0v) is 12.2. The number of halogens is 1. The van der Waals surface area contributed by atoms with Crippen LogP contribution in [0.3, 0.4) is 0 Å². The van der Waals surface area contributed by atoms with Crippen LogP contribution in [0.15, 0.2) is 16.6 Å². The van der Waals surface area contributed by atoms with Crippen LogP contribution in [0, 0.1) is 0 Å². The highest BCUT2D eigenvalue weighted by Gasteiger charge is 2.21. The van der Waals surface area contributed by atoms with E-state index in [1.54, 1.807) is 7.11 Å². The Kier molecular flexibility index (Phi) is 4.89. The van der Waals surface area contributed by atoms with Crippen LogP contribution in [0.5, 0.6) is 11.5 Å². The van der Waals surface area contributed by atoms with E-state index in [4.69, 9.17) is 14.6 Å². The molecule has 0 saturated heterocycles. The highest BCUT2D eigenvalue weighted by atomic mass is 79.9.